The van der Waals surface area contributed by atoms with Crippen molar-refractivity contribution in [3.8, 4) is 0 Å². The topological polar surface area (TPSA) is 43.4 Å². The highest BCUT2D eigenvalue weighted by molar-refractivity contribution is 6.01. The Balaban J connectivity index is 2.48. The third kappa shape index (κ3) is 2.06. The zero-order valence-electron chi connectivity index (χ0n) is 12.8. The van der Waals surface area contributed by atoms with Gasteiger partial charge >= 0.3 is 0 Å². The molecule has 0 heterocycles. The quantitative estimate of drug-likeness (QED) is 0.771. The van der Waals surface area contributed by atoms with Gasteiger partial charge in [0.2, 0.25) is 0 Å². The summed E-state index contributed by atoms with van der Waals surface area (Å²) in [5.41, 5.74) is -0.734. The van der Waals surface area contributed by atoms with Crippen LogP contribution in [0.3, 0.4) is 0 Å². The molecule has 2 rings (SSSR count). The first kappa shape index (κ1) is 14.7. The van der Waals surface area contributed by atoms with E-state index in [-0.39, 0.29) is 34.9 Å². The van der Waals surface area contributed by atoms with Gasteiger partial charge in [0.25, 0.3) is 0 Å². The molecule has 0 amide bonds. The average molecular weight is 266 g/mol. The van der Waals surface area contributed by atoms with Crippen molar-refractivity contribution in [2.24, 2.45) is 22.7 Å². The van der Waals surface area contributed by atoms with Crippen LogP contribution < -0.4 is 0 Å². The van der Waals surface area contributed by atoms with E-state index in [9.17, 15) is 9.59 Å². The van der Waals surface area contributed by atoms with E-state index in [2.05, 4.69) is 13.8 Å². The Hall–Kier alpha value is -0.700. The SMILES string of the molecule is CCO[C@H]1CCC(C)(C)[C@@H]2C(=O)C[C@@H](C)C(=O)[C@@]12C. The molecular formula is C16H26O3. The molecule has 2 saturated carbocycles. The summed E-state index contributed by atoms with van der Waals surface area (Å²) in [7, 11) is 0. The molecular weight excluding hydrogens is 240 g/mol. The van der Waals surface area contributed by atoms with Gasteiger partial charge in [-0.3, -0.25) is 9.59 Å². The molecule has 0 radical (unpaired) electrons. The first-order chi connectivity index (χ1) is 8.75. The Morgan fingerprint density at radius 2 is 1.89 bits per heavy atom. The summed E-state index contributed by atoms with van der Waals surface area (Å²) in [6, 6.07) is 0. The summed E-state index contributed by atoms with van der Waals surface area (Å²) in [5, 5.41) is 0. The van der Waals surface area contributed by atoms with Gasteiger partial charge in [0.1, 0.15) is 11.6 Å². The number of carbonyl (C=O) groups is 2. The van der Waals surface area contributed by atoms with Crippen molar-refractivity contribution in [2.45, 2.75) is 60.0 Å². The van der Waals surface area contributed by atoms with Crippen LogP contribution in [0, 0.1) is 22.7 Å². The van der Waals surface area contributed by atoms with Gasteiger partial charge in [-0.2, -0.15) is 0 Å². The van der Waals surface area contributed by atoms with Crippen LogP contribution in [-0.2, 0) is 14.3 Å². The molecule has 3 heteroatoms. The van der Waals surface area contributed by atoms with Crippen molar-refractivity contribution in [1.82, 2.24) is 0 Å². The fraction of sp³-hybridized carbons (Fsp3) is 0.875. The first-order valence-electron chi connectivity index (χ1n) is 7.43. The van der Waals surface area contributed by atoms with Gasteiger partial charge in [-0.05, 0) is 32.1 Å². The van der Waals surface area contributed by atoms with Crippen LogP contribution in [0.15, 0.2) is 0 Å². The Morgan fingerprint density at radius 1 is 1.26 bits per heavy atom. The van der Waals surface area contributed by atoms with Crippen LogP contribution in [0.4, 0.5) is 0 Å². The fourth-order valence-electron chi connectivity index (χ4n) is 4.52. The maximum Gasteiger partial charge on any atom is 0.145 e. The third-order valence-electron chi connectivity index (χ3n) is 5.28. The molecule has 0 bridgehead atoms. The highest BCUT2D eigenvalue weighted by Crippen LogP contribution is 2.56. The molecule has 0 spiro atoms. The minimum absolute atomic E-state index is 0.102. The molecule has 0 saturated heterocycles. The summed E-state index contributed by atoms with van der Waals surface area (Å²) in [4.78, 5) is 25.3. The molecule has 3 nitrogen and oxygen atoms in total. The van der Waals surface area contributed by atoms with Crippen LogP contribution in [0.25, 0.3) is 0 Å². The summed E-state index contributed by atoms with van der Waals surface area (Å²) in [6.07, 6.45) is 2.13. The summed E-state index contributed by atoms with van der Waals surface area (Å²) >= 11 is 0. The summed E-state index contributed by atoms with van der Waals surface area (Å²) in [5.74, 6) is 0.131. The van der Waals surface area contributed by atoms with E-state index < -0.39 is 5.41 Å². The Kier molecular flexibility index (Phi) is 3.63. The van der Waals surface area contributed by atoms with Gasteiger partial charge in [-0.15, -0.1) is 0 Å². The van der Waals surface area contributed by atoms with E-state index in [1.165, 1.54) is 0 Å². The molecule has 0 aromatic heterocycles. The number of Topliss-reactive ketones (excluding diaryl/α,β-unsaturated/α-hetero) is 2. The van der Waals surface area contributed by atoms with Gasteiger partial charge in [0.15, 0.2) is 0 Å². The smallest absolute Gasteiger partial charge is 0.145 e. The predicted octanol–water partition coefficient (Wildman–Crippen LogP) is 3.01. The molecule has 19 heavy (non-hydrogen) atoms. The number of fused-ring (bicyclic) bond motifs is 1. The normalized spacial score (nSPS) is 42.1. The zero-order valence-corrected chi connectivity index (χ0v) is 12.8. The van der Waals surface area contributed by atoms with Crippen molar-refractivity contribution in [3.63, 3.8) is 0 Å². The second-order valence-corrected chi connectivity index (χ2v) is 7.12. The highest BCUT2D eigenvalue weighted by atomic mass is 16.5. The molecule has 0 aromatic carbocycles. The van der Waals surface area contributed by atoms with Crippen LogP contribution in [0.2, 0.25) is 0 Å². The molecule has 4 atom stereocenters. The lowest BCUT2D eigenvalue weighted by molar-refractivity contribution is -0.179. The van der Waals surface area contributed by atoms with E-state index in [1.54, 1.807) is 0 Å². The van der Waals surface area contributed by atoms with Crippen LogP contribution >= 0.6 is 0 Å². The maximum atomic E-state index is 12.8. The Bertz CT molecular complexity index is 399. The number of ketones is 2. The number of ether oxygens (including phenoxy) is 1. The van der Waals surface area contributed by atoms with Crippen molar-refractivity contribution in [2.75, 3.05) is 6.61 Å². The second kappa shape index (κ2) is 4.69. The number of hydrogen-bond acceptors (Lipinski definition) is 3. The molecule has 0 aromatic rings. The molecule has 2 fully saturated rings. The maximum absolute atomic E-state index is 12.8. The van der Waals surface area contributed by atoms with E-state index >= 15 is 0 Å². The molecule has 108 valence electrons. The number of carbonyl (C=O) groups excluding carboxylic acids is 2. The minimum Gasteiger partial charge on any atom is -0.377 e. The van der Waals surface area contributed by atoms with Gasteiger partial charge in [-0.1, -0.05) is 20.8 Å². The fourth-order valence-corrected chi connectivity index (χ4v) is 4.52. The first-order valence-corrected chi connectivity index (χ1v) is 7.43. The zero-order chi connectivity index (χ0) is 14.4. The van der Waals surface area contributed by atoms with Gasteiger partial charge in [0, 0.05) is 24.9 Å². The van der Waals surface area contributed by atoms with Crippen LogP contribution in [-0.4, -0.2) is 24.3 Å². The van der Waals surface area contributed by atoms with Crippen molar-refractivity contribution in [3.05, 3.63) is 0 Å². The van der Waals surface area contributed by atoms with Gasteiger partial charge < -0.3 is 4.74 Å². The minimum atomic E-state index is -0.632. The Labute approximate surface area is 116 Å². The Morgan fingerprint density at radius 3 is 2.47 bits per heavy atom. The average Bonchev–Trinajstić information content (AvgIpc) is 2.30. The van der Waals surface area contributed by atoms with Crippen molar-refractivity contribution < 1.29 is 14.3 Å². The molecule has 2 aliphatic rings. The standard InChI is InChI=1S/C16H26O3/c1-6-19-12-7-8-15(3,4)13-11(17)9-10(2)14(18)16(12,13)5/h10,12-13H,6-9H2,1-5H3/t10-,12+,13+,16+/m1/s1. The third-order valence-corrected chi connectivity index (χ3v) is 5.28. The highest BCUT2D eigenvalue weighted by Gasteiger charge is 2.62. The lowest BCUT2D eigenvalue weighted by atomic mass is 9.48. The predicted molar refractivity (Wildman–Crippen MR) is 73.8 cm³/mol. The summed E-state index contributed by atoms with van der Waals surface area (Å²) < 4.78 is 5.84. The molecule has 0 N–H and O–H groups in total. The number of rotatable bonds is 2. The van der Waals surface area contributed by atoms with Crippen LogP contribution in [0.1, 0.15) is 53.9 Å². The van der Waals surface area contributed by atoms with E-state index in [0.717, 1.165) is 12.8 Å². The second-order valence-electron chi connectivity index (χ2n) is 7.12. The van der Waals surface area contributed by atoms with Gasteiger partial charge in [-0.25, -0.2) is 0 Å². The van der Waals surface area contributed by atoms with Crippen molar-refractivity contribution >= 4 is 11.6 Å². The molecule has 0 unspecified atom stereocenters. The van der Waals surface area contributed by atoms with Crippen LogP contribution in [0.5, 0.6) is 0 Å². The molecule has 2 aliphatic carbocycles. The lowest BCUT2D eigenvalue weighted by Crippen LogP contribution is -2.62. The molecule has 0 aliphatic heterocycles. The lowest BCUT2D eigenvalue weighted by Gasteiger charge is -2.55. The van der Waals surface area contributed by atoms with E-state index in [1.807, 2.05) is 20.8 Å². The number of hydrogen-bond donors (Lipinski definition) is 0. The summed E-state index contributed by atoms with van der Waals surface area (Å²) in [6.45, 7) is 10.7. The van der Waals surface area contributed by atoms with E-state index in [4.69, 9.17) is 4.74 Å². The monoisotopic (exact) mass is 266 g/mol. The van der Waals surface area contributed by atoms with E-state index in [0.29, 0.717) is 13.0 Å². The largest absolute Gasteiger partial charge is 0.377 e. The van der Waals surface area contributed by atoms with Crippen molar-refractivity contribution in [1.29, 1.82) is 0 Å². The van der Waals surface area contributed by atoms with Gasteiger partial charge in [0.05, 0.1) is 11.5 Å².